The Morgan fingerprint density at radius 2 is 1.79 bits per heavy atom. The minimum absolute atomic E-state index is 0.144. The Labute approximate surface area is 110 Å². The smallest absolute Gasteiger partial charge is 0.249 e. The van der Waals surface area contributed by atoms with Crippen LogP contribution in [0.3, 0.4) is 0 Å². The molecule has 3 aromatic rings. The second kappa shape index (κ2) is 4.28. The molecule has 0 aliphatic rings. The number of aromatic amines is 1. The number of fused-ring (bicyclic) bond motifs is 1. The summed E-state index contributed by atoms with van der Waals surface area (Å²) < 4.78 is 0. The molecule has 0 atom stereocenters. The highest BCUT2D eigenvalue weighted by Gasteiger charge is 2.08. The van der Waals surface area contributed by atoms with Crippen molar-refractivity contribution >= 4 is 10.9 Å². The molecule has 2 aromatic carbocycles. The normalized spacial score (nSPS) is 10.8. The number of aromatic hydroxyl groups is 1. The van der Waals surface area contributed by atoms with Crippen molar-refractivity contribution < 1.29 is 5.11 Å². The van der Waals surface area contributed by atoms with Crippen LogP contribution in [0.4, 0.5) is 0 Å². The highest BCUT2D eigenvalue weighted by atomic mass is 16.3. The van der Waals surface area contributed by atoms with Gasteiger partial charge in [-0.05, 0) is 35.7 Å². The molecule has 2 N–H and O–H groups in total. The first-order valence-corrected chi connectivity index (χ1v) is 6.07. The quantitative estimate of drug-likeness (QED) is 0.697. The molecule has 3 rings (SSSR count). The number of hydrogen-bond acceptors (Lipinski definition) is 2. The molecule has 0 aliphatic heterocycles. The molecule has 0 spiro atoms. The van der Waals surface area contributed by atoms with Crippen molar-refractivity contribution in [2.24, 2.45) is 0 Å². The van der Waals surface area contributed by atoms with Gasteiger partial charge < -0.3 is 10.1 Å². The predicted octanol–water partition coefficient (Wildman–Crippen LogP) is 3.21. The molecule has 3 nitrogen and oxygen atoms in total. The molecule has 0 radical (unpaired) electrons. The number of nitrogens with one attached hydrogen (secondary N) is 1. The zero-order chi connectivity index (χ0) is 13.4. The van der Waals surface area contributed by atoms with E-state index >= 15 is 0 Å². The summed E-state index contributed by atoms with van der Waals surface area (Å²) >= 11 is 0. The SMILES string of the molecule is Cc1ccccc1-c1cc(=O)[nH]c2cc(O)ccc12. The van der Waals surface area contributed by atoms with Gasteiger partial charge in [-0.1, -0.05) is 24.3 Å². The van der Waals surface area contributed by atoms with Gasteiger partial charge in [-0.2, -0.15) is 0 Å². The molecule has 94 valence electrons. The van der Waals surface area contributed by atoms with Crippen molar-refractivity contribution in [2.75, 3.05) is 0 Å². The Morgan fingerprint density at radius 3 is 2.58 bits per heavy atom. The van der Waals surface area contributed by atoms with Gasteiger partial charge in [0, 0.05) is 17.5 Å². The van der Waals surface area contributed by atoms with E-state index < -0.39 is 0 Å². The topological polar surface area (TPSA) is 53.1 Å². The summed E-state index contributed by atoms with van der Waals surface area (Å²) in [7, 11) is 0. The number of aryl methyl sites for hydroxylation is 1. The average Bonchev–Trinajstić information content (AvgIpc) is 2.38. The van der Waals surface area contributed by atoms with Gasteiger partial charge in [-0.3, -0.25) is 4.79 Å². The van der Waals surface area contributed by atoms with E-state index in [4.69, 9.17) is 0 Å². The van der Waals surface area contributed by atoms with Crippen molar-refractivity contribution in [3.63, 3.8) is 0 Å². The Balaban J connectivity index is 2.41. The fourth-order valence-corrected chi connectivity index (χ4v) is 2.35. The molecule has 19 heavy (non-hydrogen) atoms. The molecule has 0 aliphatic carbocycles. The fourth-order valence-electron chi connectivity index (χ4n) is 2.35. The third-order valence-electron chi connectivity index (χ3n) is 3.26. The van der Waals surface area contributed by atoms with Gasteiger partial charge in [0.05, 0.1) is 5.52 Å². The van der Waals surface area contributed by atoms with E-state index in [0.717, 1.165) is 22.1 Å². The Morgan fingerprint density at radius 1 is 1.00 bits per heavy atom. The van der Waals surface area contributed by atoms with Crippen molar-refractivity contribution in [3.8, 4) is 16.9 Å². The molecular formula is C16H13NO2. The zero-order valence-corrected chi connectivity index (χ0v) is 10.5. The minimum Gasteiger partial charge on any atom is -0.508 e. The van der Waals surface area contributed by atoms with Crippen LogP contribution in [0.2, 0.25) is 0 Å². The van der Waals surface area contributed by atoms with Crippen molar-refractivity contribution in [3.05, 3.63) is 64.4 Å². The molecule has 1 heterocycles. The second-order valence-corrected chi connectivity index (χ2v) is 4.59. The summed E-state index contributed by atoms with van der Waals surface area (Å²) in [6.45, 7) is 2.02. The van der Waals surface area contributed by atoms with Gasteiger partial charge in [-0.15, -0.1) is 0 Å². The first kappa shape index (κ1) is 11.5. The molecular weight excluding hydrogens is 238 g/mol. The van der Waals surface area contributed by atoms with Crippen LogP contribution in [0.25, 0.3) is 22.0 Å². The molecule has 1 aromatic heterocycles. The minimum atomic E-state index is -0.170. The summed E-state index contributed by atoms with van der Waals surface area (Å²) in [4.78, 5) is 14.5. The third-order valence-corrected chi connectivity index (χ3v) is 3.26. The van der Waals surface area contributed by atoms with Gasteiger partial charge in [-0.25, -0.2) is 0 Å². The van der Waals surface area contributed by atoms with Crippen LogP contribution in [0.15, 0.2) is 53.3 Å². The lowest BCUT2D eigenvalue weighted by Gasteiger charge is -2.09. The van der Waals surface area contributed by atoms with E-state index in [1.807, 2.05) is 37.3 Å². The number of aromatic nitrogens is 1. The number of phenols is 1. The van der Waals surface area contributed by atoms with E-state index in [9.17, 15) is 9.90 Å². The standard InChI is InChI=1S/C16H13NO2/c1-10-4-2-3-5-12(10)14-9-16(19)17-15-8-11(18)6-7-13(14)15/h2-9,18H,1H3,(H,17,19). The van der Waals surface area contributed by atoms with Gasteiger partial charge >= 0.3 is 0 Å². The van der Waals surface area contributed by atoms with Gasteiger partial charge in [0.25, 0.3) is 0 Å². The van der Waals surface area contributed by atoms with Gasteiger partial charge in [0.15, 0.2) is 0 Å². The molecule has 0 saturated heterocycles. The maximum Gasteiger partial charge on any atom is 0.249 e. The van der Waals surface area contributed by atoms with E-state index in [1.54, 1.807) is 18.2 Å². The number of H-pyrrole nitrogens is 1. The van der Waals surface area contributed by atoms with Gasteiger partial charge in [0.1, 0.15) is 5.75 Å². The summed E-state index contributed by atoms with van der Waals surface area (Å²) in [6, 6.07) is 14.6. The summed E-state index contributed by atoms with van der Waals surface area (Å²) in [5.41, 5.74) is 3.51. The summed E-state index contributed by atoms with van der Waals surface area (Å²) in [5, 5.41) is 10.4. The molecule has 3 heteroatoms. The van der Waals surface area contributed by atoms with Crippen LogP contribution >= 0.6 is 0 Å². The van der Waals surface area contributed by atoms with E-state index in [1.165, 1.54) is 0 Å². The molecule has 0 fully saturated rings. The second-order valence-electron chi connectivity index (χ2n) is 4.59. The maximum atomic E-state index is 11.8. The Bertz CT molecular complexity index is 818. The number of hydrogen-bond donors (Lipinski definition) is 2. The highest BCUT2D eigenvalue weighted by molar-refractivity contribution is 5.95. The fraction of sp³-hybridized carbons (Fsp3) is 0.0625. The van der Waals surface area contributed by atoms with Crippen molar-refractivity contribution in [1.82, 2.24) is 4.98 Å². The van der Waals surface area contributed by atoms with Crippen LogP contribution in [-0.4, -0.2) is 10.1 Å². The summed E-state index contributed by atoms with van der Waals surface area (Å²) in [5.74, 6) is 0.144. The number of rotatable bonds is 1. The Hall–Kier alpha value is -2.55. The number of phenolic OH excluding ortho intramolecular Hbond substituents is 1. The van der Waals surface area contributed by atoms with Crippen LogP contribution in [0.1, 0.15) is 5.56 Å². The lowest BCUT2D eigenvalue weighted by molar-refractivity contribution is 0.476. The van der Waals surface area contributed by atoms with Crippen molar-refractivity contribution in [2.45, 2.75) is 6.92 Å². The maximum absolute atomic E-state index is 11.8. The largest absolute Gasteiger partial charge is 0.508 e. The van der Waals surface area contributed by atoms with E-state index in [-0.39, 0.29) is 11.3 Å². The first-order chi connectivity index (χ1) is 9.15. The summed E-state index contributed by atoms with van der Waals surface area (Å²) in [6.07, 6.45) is 0. The predicted molar refractivity (Wildman–Crippen MR) is 76.4 cm³/mol. The first-order valence-electron chi connectivity index (χ1n) is 6.07. The molecule has 0 bridgehead atoms. The van der Waals surface area contributed by atoms with E-state index in [2.05, 4.69) is 4.98 Å². The monoisotopic (exact) mass is 251 g/mol. The third kappa shape index (κ3) is 1.99. The highest BCUT2D eigenvalue weighted by Crippen LogP contribution is 2.30. The van der Waals surface area contributed by atoms with Crippen LogP contribution < -0.4 is 5.56 Å². The van der Waals surface area contributed by atoms with Crippen LogP contribution in [0.5, 0.6) is 5.75 Å². The zero-order valence-electron chi connectivity index (χ0n) is 10.5. The molecule has 0 saturated carbocycles. The lowest BCUT2D eigenvalue weighted by atomic mass is 9.97. The van der Waals surface area contributed by atoms with Crippen LogP contribution in [0, 0.1) is 6.92 Å². The van der Waals surface area contributed by atoms with Crippen LogP contribution in [-0.2, 0) is 0 Å². The lowest BCUT2D eigenvalue weighted by Crippen LogP contribution is -2.05. The molecule has 0 amide bonds. The number of benzene rings is 2. The molecule has 0 unspecified atom stereocenters. The Kier molecular flexibility index (Phi) is 2.60. The van der Waals surface area contributed by atoms with Crippen molar-refractivity contribution in [1.29, 1.82) is 0 Å². The average molecular weight is 251 g/mol. The van der Waals surface area contributed by atoms with Gasteiger partial charge in [0.2, 0.25) is 5.56 Å². The van der Waals surface area contributed by atoms with E-state index in [0.29, 0.717) is 5.52 Å². The number of pyridine rings is 1.